The second kappa shape index (κ2) is 5.63. The fourth-order valence-electron chi connectivity index (χ4n) is 1.75. The molecular formula is C13H15ClN2S. The molecule has 0 bridgehead atoms. The van der Waals surface area contributed by atoms with Crippen molar-refractivity contribution in [1.82, 2.24) is 10.3 Å². The number of thiazole rings is 1. The number of hydrogen-bond acceptors (Lipinski definition) is 3. The molecule has 1 aromatic heterocycles. The highest BCUT2D eigenvalue weighted by Gasteiger charge is 2.12. The summed E-state index contributed by atoms with van der Waals surface area (Å²) in [5, 5.41) is 7.31. The van der Waals surface area contributed by atoms with Crippen LogP contribution in [-0.4, -0.2) is 12.0 Å². The second-order valence-electron chi connectivity index (χ2n) is 3.96. The maximum Gasteiger partial charge on any atom is 0.0898 e. The molecule has 0 radical (unpaired) electrons. The van der Waals surface area contributed by atoms with E-state index in [4.69, 9.17) is 11.6 Å². The van der Waals surface area contributed by atoms with Crippen LogP contribution in [0.2, 0.25) is 5.02 Å². The first-order chi connectivity index (χ1) is 8.19. The van der Waals surface area contributed by atoms with Crippen LogP contribution in [0.5, 0.6) is 0 Å². The quantitative estimate of drug-likeness (QED) is 0.915. The summed E-state index contributed by atoms with van der Waals surface area (Å²) in [4.78, 5) is 4.53. The van der Waals surface area contributed by atoms with E-state index in [-0.39, 0.29) is 6.04 Å². The van der Waals surface area contributed by atoms with E-state index in [0.717, 1.165) is 22.1 Å². The van der Waals surface area contributed by atoms with E-state index in [1.807, 2.05) is 26.1 Å². The number of hydrogen-bond donors (Lipinski definition) is 1. The van der Waals surface area contributed by atoms with Gasteiger partial charge in [-0.05, 0) is 38.1 Å². The van der Waals surface area contributed by atoms with Gasteiger partial charge in [0.05, 0.1) is 16.7 Å². The minimum absolute atomic E-state index is 0.265. The smallest absolute Gasteiger partial charge is 0.0898 e. The van der Waals surface area contributed by atoms with Gasteiger partial charge in [0.15, 0.2) is 0 Å². The zero-order valence-electron chi connectivity index (χ0n) is 9.90. The average Bonchev–Trinajstić information content (AvgIpc) is 2.75. The highest BCUT2D eigenvalue weighted by Crippen LogP contribution is 2.21. The molecule has 0 aliphatic carbocycles. The Morgan fingerprint density at radius 2 is 2.06 bits per heavy atom. The van der Waals surface area contributed by atoms with E-state index in [2.05, 4.69) is 27.8 Å². The first-order valence-electron chi connectivity index (χ1n) is 5.53. The van der Waals surface area contributed by atoms with Gasteiger partial charge in [0.2, 0.25) is 0 Å². The van der Waals surface area contributed by atoms with Crippen molar-refractivity contribution in [2.45, 2.75) is 19.4 Å². The Hall–Kier alpha value is -0.900. The van der Waals surface area contributed by atoms with Crippen molar-refractivity contribution in [1.29, 1.82) is 0 Å². The Labute approximate surface area is 111 Å². The molecule has 0 aliphatic heterocycles. The van der Waals surface area contributed by atoms with Crippen molar-refractivity contribution in [2.75, 3.05) is 7.05 Å². The number of likely N-dealkylation sites (N-methyl/N-ethyl adjacent to an activating group) is 1. The van der Waals surface area contributed by atoms with Gasteiger partial charge in [-0.3, -0.25) is 0 Å². The molecule has 0 amide bonds. The molecule has 2 aromatic rings. The molecule has 17 heavy (non-hydrogen) atoms. The van der Waals surface area contributed by atoms with Crippen LogP contribution in [0, 0.1) is 6.92 Å². The lowest BCUT2D eigenvalue weighted by molar-refractivity contribution is 0.578. The van der Waals surface area contributed by atoms with Gasteiger partial charge in [-0.15, -0.1) is 11.3 Å². The summed E-state index contributed by atoms with van der Waals surface area (Å²) in [6, 6.07) is 8.24. The largest absolute Gasteiger partial charge is 0.311 e. The Morgan fingerprint density at radius 1 is 1.35 bits per heavy atom. The first-order valence-corrected chi connectivity index (χ1v) is 6.78. The minimum atomic E-state index is 0.265. The van der Waals surface area contributed by atoms with Crippen LogP contribution >= 0.6 is 22.9 Å². The van der Waals surface area contributed by atoms with Gasteiger partial charge in [-0.1, -0.05) is 23.7 Å². The normalized spacial score (nSPS) is 12.6. The van der Waals surface area contributed by atoms with Crippen molar-refractivity contribution >= 4 is 22.9 Å². The molecule has 0 spiro atoms. The van der Waals surface area contributed by atoms with Crippen molar-refractivity contribution < 1.29 is 0 Å². The van der Waals surface area contributed by atoms with E-state index in [1.54, 1.807) is 11.3 Å². The highest BCUT2D eigenvalue weighted by molar-refractivity contribution is 7.09. The predicted octanol–water partition coefficient (Wildman–Crippen LogP) is 3.61. The molecule has 0 fully saturated rings. The maximum absolute atomic E-state index is 5.88. The van der Waals surface area contributed by atoms with Crippen molar-refractivity contribution in [3.05, 3.63) is 50.9 Å². The third-order valence-electron chi connectivity index (χ3n) is 2.70. The lowest BCUT2D eigenvalue weighted by atomic mass is 10.0. The number of halogens is 1. The van der Waals surface area contributed by atoms with Crippen LogP contribution in [0.4, 0.5) is 0 Å². The maximum atomic E-state index is 5.88. The van der Waals surface area contributed by atoms with Crippen molar-refractivity contribution in [3.8, 4) is 0 Å². The fraction of sp³-hybridized carbons (Fsp3) is 0.308. The molecule has 0 saturated heterocycles. The summed E-state index contributed by atoms with van der Waals surface area (Å²) in [6.45, 7) is 2.03. The van der Waals surface area contributed by atoms with Crippen LogP contribution in [-0.2, 0) is 6.42 Å². The van der Waals surface area contributed by atoms with E-state index in [1.165, 1.54) is 5.56 Å². The lowest BCUT2D eigenvalue weighted by Gasteiger charge is -2.13. The van der Waals surface area contributed by atoms with Crippen LogP contribution in [0.25, 0.3) is 0 Å². The number of aromatic nitrogens is 1. The van der Waals surface area contributed by atoms with Gasteiger partial charge < -0.3 is 5.32 Å². The van der Waals surface area contributed by atoms with Gasteiger partial charge in [0.1, 0.15) is 0 Å². The van der Waals surface area contributed by atoms with E-state index in [9.17, 15) is 0 Å². The molecule has 1 unspecified atom stereocenters. The molecular weight excluding hydrogens is 252 g/mol. The lowest BCUT2D eigenvalue weighted by Crippen LogP contribution is -2.19. The molecule has 1 heterocycles. The van der Waals surface area contributed by atoms with Crippen LogP contribution < -0.4 is 5.32 Å². The third kappa shape index (κ3) is 3.28. The SMILES string of the molecule is CNC(Cc1ccc(Cl)cc1)c1csc(C)n1. The number of rotatable bonds is 4. The number of benzene rings is 1. The van der Waals surface area contributed by atoms with Crippen LogP contribution in [0.3, 0.4) is 0 Å². The minimum Gasteiger partial charge on any atom is -0.311 e. The van der Waals surface area contributed by atoms with E-state index in [0.29, 0.717) is 0 Å². The molecule has 2 rings (SSSR count). The van der Waals surface area contributed by atoms with E-state index < -0.39 is 0 Å². The molecule has 1 N–H and O–H groups in total. The molecule has 2 nitrogen and oxygen atoms in total. The van der Waals surface area contributed by atoms with Gasteiger partial charge >= 0.3 is 0 Å². The van der Waals surface area contributed by atoms with E-state index >= 15 is 0 Å². The number of nitrogens with one attached hydrogen (secondary N) is 1. The van der Waals surface area contributed by atoms with Crippen LogP contribution in [0.15, 0.2) is 29.6 Å². The zero-order chi connectivity index (χ0) is 12.3. The highest BCUT2D eigenvalue weighted by atomic mass is 35.5. The monoisotopic (exact) mass is 266 g/mol. The third-order valence-corrected chi connectivity index (χ3v) is 3.74. The predicted molar refractivity (Wildman–Crippen MR) is 73.8 cm³/mol. The second-order valence-corrected chi connectivity index (χ2v) is 5.46. The average molecular weight is 267 g/mol. The molecule has 1 aromatic carbocycles. The Balaban J connectivity index is 2.12. The van der Waals surface area contributed by atoms with Crippen LogP contribution in [0.1, 0.15) is 22.3 Å². The summed E-state index contributed by atoms with van der Waals surface area (Å²) in [5.41, 5.74) is 2.38. The summed E-state index contributed by atoms with van der Waals surface area (Å²) in [7, 11) is 1.97. The zero-order valence-corrected chi connectivity index (χ0v) is 11.5. The van der Waals surface area contributed by atoms with Gasteiger partial charge in [0.25, 0.3) is 0 Å². The molecule has 0 saturated carbocycles. The first kappa shape index (κ1) is 12.6. The summed E-state index contributed by atoms with van der Waals surface area (Å²) in [6.07, 6.45) is 0.927. The fourth-order valence-corrected chi connectivity index (χ4v) is 2.54. The number of aryl methyl sites for hydroxylation is 1. The number of nitrogens with zero attached hydrogens (tertiary/aromatic N) is 1. The van der Waals surface area contributed by atoms with Gasteiger partial charge in [-0.25, -0.2) is 4.98 Å². The Bertz CT molecular complexity index is 478. The Kier molecular flexibility index (Phi) is 4.15. The van der Waals surface area contributed by atoms with Gasteiger partial charge in [-0.2, -0.15) is 0 Å². The van der Waals surface area contributed by atoms with Crippen molar-refractivity contribution in [3.63, 3.8) is 0 Å². The van der Waals surface area contributed by atoms with Gasteiger partial charge in [0, 0.05) is 10.4 Å². The summed E-state index contributed by atoms with van der Waals surface area (Å²) >= 11 is 7.57. The summed E-state index contributed by atoms with van der Waals surface area (Å²) in [5.74, 6) is 0. The molecule has 90 valence electrons. The Morgan fingerprint density at radius 3 is 2.59 bits per heavy atom. The standard InChI is InChI=1S/C13H15ClN2S/c1-9-16-13(8-17-9)12(15-2)7-10-3-5-11(14)6-4-10/h3-6,8,12,15H,7H2,1-2H3. The molecule has 1 atom stereocenters. The summed E-state index contributed by atoms with van der Waals surface area (Å²) < 4.78 is 0. The molecule has 0 aliphatic rings. The van der Waals surface area contributed by atoms with Crippen molar-refractivity contribution in [2.24, 2.45) is 0 Å². The topological polar surface area (TPSA) is 24.9 Å². The molecule has 4 heteroatoms.